The summed E-state index contributed by atoms with van der Waals surface area (Å²) in [7, 11) is -3.73. The Balaban J connectivity index is 1.45. The van der Waals surface area contributed by atoms with Crippen LogP contribution in [0.15, 0.2) is 47.1 Å². The zero-order chi connectivity index (χ0) is 22.9. The van der Waals surface area contributed by atoms with E-state index in [2.05, 4.69) is 10.2 Å². The first-order chi connectivity index (χ1) is 15.2. The Kier molecular flexibility index (Phi) is 6.11. The Morgan fingerprint density at radius 3 is 2.41 bits per heavy atom. The summed E-state index contributed by atoms with van der Waals surface area (Å²) in [5.74, 6) is -0.238. The topological polar surface area (TPSA) is 109 Å². The lowest BCUT2D eigenvalue weighted by atomic mass is 9.95. The second-order valence-corrected chi connectivity index (χ2v) is 10.5. The number of benzene rings is 1. The van der Waals surface area contributed by atoms with Crippen molar-refractivity contribution >= 4 is 27.5 Å². The lowest BCUT2D eigenvalue weighted by Gasteiger charge is -2.33. The van der Waals surface area contributed by atoms with Crippen molar-refractivity contribution in [3.05, 3.63) is 54.0 Å². The predicted octanol–water partition coefficient (Wildman–Crippen LogP) is 1.79. The molecule has 0 bridgehead atoms. The van der Waals surface area contributed by atoms with E-state index < -0.39 is 21.3 Å². The molecule has 0 spiro atoms. The SMILES string of the molecule is CC1(C)CS(=O)(=O)N(c2ccc(C(=O)NCC(c3ccco3)N3CCOCC3)cc2)C1=O. The van der Waals surface area contributed by atoms with E-state index in [1.54, 1.807) is 20.1 Å². The van der Waals surface area contributed by atoms with Crippen LogP contribution in [0.4, 0.5) is 5.69 Å². The van der Waals surface area contributed by atoms with Gasteiger partial charge in [-0.15, -0.1) is 0 Å². The third kappa shape index (κ3) is 4.43. The van der Waals surface area contributed by atoms with Gasteiger partial charge in [-0.25, -0.2) is 12.7 Å². The van der Waals surface area contributed by atoms with E-state index in [9.17, 15) is 18.0 Å². The van der Waals surface area contributed by atoms with Gasteiger partial charge in [-0.1, -0.05) is 0 Å². The third-order valence-electron chi connectivity index (χ3n) is 5.76. The van der Waals surface area contributed by atoms with Gasteiger partial charge in [-0.2, -0.15) is 0 Å². The van der Waals surface area contributed by atoms with Crippen LogP contribution >= 0.6 is 0 Å². The lowest BCUT2D eigenvalue weighted by molar-refractivity contribution is -0.123. The number of hydrogen-bond acceptors (Lipinski definition) is 7. The van der Waals surface area contributed by atoms with E-state index in [1.165, 1.54) is 24.3 Å². The number of carbonyl (C=O) groups excluding carboxylic acids is 2. The van der Waals surface area contributed by atoms with Gasteiger partial charge in [0.05, 0.1) is 42.4 Å². The lowest BCUT2D eigenvalue weighted by Crippen LogP contribution is -2.43. The number of furan rings is 1. The summed E-state index contributed by atoms with van der Waals surface area (Å²) >= 11 is 0. The van der Waals surface area contributed by atoms with Crippen LogP contribution < -0.4 is 9.62 Å². The molecule has 1 N–H and O–H groups in total. The monoisotopic (exact) mass is 461 g/mol. The van der Waals surface area contributed by atoms with Gasteiger partial charge in [0.1, 0.15) is 5.76 Å². The van der Waals surface area contributed by atoms with Crippen LogP contribution in [0.1, 0.15) is 36.0 Å². The minimum atomic E-state index is -3.73. The highest BCUT2D eigenvalue weighted by Gasteiger charge is 2.49. The molecule has 2 saturated heterocycles. The number of morpholine rings is 1. The molecule has 32 heavy (non-hydrogen) atoms. The van der Waals surface area contributed by atoms with Crippen LogP contribution in [-0.4, -0.2) is 63.7 Å². The number of anilines is 1. The Morgan fingerprint density at radius 1 is 1.16 bits per heavy atom. The van der Waals surface area contributed by atoms with Gasteiger partial charge in [0.2, 0.25) is 15.9 Å². The van der Waals surface area contributed by atoms with E-state index >= 15 is 0 Å². The van der Waals surface area contributed by atoms with Crippen LogP contribution in [0, 0.1) is 5.41 Å². The summed E-state index contributed by atoms with van der Waals surface area (Å²) in [6, 6.07) is 9.60. The van der Waals surface area contributed by atoms with Crippen LogP contribution in [0.25, 0.3) is 0 Å². The highest BCUT2D eigenvalue weighted by atomic mass is 32.2. The van der Waals surface area contributed by atoms with E-state index in [0.717, 1.165) is 23.2 Å². The molecule has 0 aliphatic carbocycles. The summed E-state index contributed by atoms with van der Waals surface area (Å²) in [6.07, 6.45) is 1.61. The first kappa shape index (κ1) is 22.5. The molecule has 2 aliphatic heterocycles. The molecule has 2 aromatic rings. The van der Waals surface area contributed by atoms with Gasteiger partial charge >= 0.3 is 0 Å². The van der Waals surface area contributed by atoms with Crippen LogP contribution in [-0.2, 0) is 19.6 Å². The van der Waals surface area contributed by atoms with Crippen molar-refractivity contribution in [3.63, 3.8) is 0 Å². The van der Waals surface area contributed by atoms with E-state index in [-0.39, 0.29) is 23.4 Å². The Bertz CT molecular complexity index is 1070. The molecule has 3 heterocycles. The Hall–Kier alpha value is -2.69. The van der Waals surface area contributed by atoms with Crippen molar-refractivity contribution < 1.29 is 27.2 Å². The smallest absolute Gasteiger partial charge is 0.251 e. The molecule has 4 rings (SSSR count). The largest absolute Gasteiger partial charge is 0.468 e. The van der Waals surface area contributed by atoms with Crippen LogP contribution in [0.5, 0.6) is 0 Å². The zero-order valence-corrected chi connectivity index (χ0v) is 18.9. The molecule has 1 unspecified atom stereocenters. The predicted molar refractivity (Wildman–Crippen MR) is 118 cm³/mol. The number of sulfonamides is 1. The summed E-state index contributed by atoms with van der Waals surface area (Å²) in [4.78, 5) is 27.5. The standard InChI is InChI=1S/C22H27N3O6S/c1-22(2)15-32(28,29)25(21(22)27)17-7-5-16(6-8-17)20(26)23-14-18(19-4-3-11-31-19)24-9-12-30-13-10-24/h3-8,11,18H,9-10,12-15H2,1-2H3,(H,23,26). The third-order valence-corrected chi connectivity index (χ3v) is 7.78. The fraction of sp³-hybridized carbons (Fsp3) is 0.455. The fourth-order valence-corrected chi connectivity index (χ4v) is 6.19. The number of amides is 2. The average molecular weight is 462 g/mol. The normalized spacial score (nSPS) is 21.4. The van der Waals surface area contributed by atoms with Crippen molar-refractivity contribution in [1.82, 2.24) is 10.2 Å². The molecule has 10 heteroatoms. The van der Waals surface area contributed by atoms with Crippen molar-refractivity contribution in [2.45, 2.75) is 19.9 Å². The number of rotatable bonds is 6. The molecular formula is C22H27N3O6S. The van der Waals surface area contributed by atoms with E-state index in [1.807, 2.05) is 12.1 Å². The molecule has 0 radical (unpaired) electrons. The zero-order valence-electron chi connectivity index (χ0n) is 18.1. The molecule has 172 valence electrons. The highest BCUT2D eigenvalue weighted by molar-refractivity contribution is 7.94. The second-order valence-electron chi connectivity index (χ2n) is 8.65. The van der Waals surface area contributed by atoms with Crippen molar-refractivity contribution in [2.75, 3.05) is 42.9 Å². The van der Waals surface area contributed by atoms with Crippen LogP contribution in [0.3, 0.4) is 0 Å². The molecule has 1 aromatic heterocycles. The van der Waals surface area contributed by atoms with E-state index in [4.69, 9.17) is 9.15 Å². The number of nitrogens with one attached hydrogen (secondary N) is 1. The first-order valence-corrected chi connectivity index (χ1v) is 12.1. The molecule has 2 aliphatic rings. The first-order valence-electron chi connectivity index (χ1n) is 10.5. The maximum Gasteiger partial charge on any atom is 0.251 e. The van der Waals surface area contributed by atoms with Gasteiger partial charge in [0, 0.05) is 25.2 Å². The van der Waals surface area contributed by atoms with Crippen molar-refractivity contribution in [1.29, 1.82) is 0 Å². The Morgan fingerprint density at radius 2 is 1.84 bits per heavy atom. The number of nitrogens with zero attached hydrogens (tertiary/aromatic N) is 2. The van der Waals surface area contributed by atoms with Gasteiger partial charge < -0.3 is 14.5 Å². The second kappa shape index (κ2) is 8.68. The molecule has 2 amide bonds. The quantitative estimate of drug-likeness (QED) is 0.698. The van der Waals surface area contributed by atoms with Crippen molar-refractivity contribution in [2.24, 2.45) is 5.41 Å². The van der Waals surface area contributed by atoms with Crippen molar-refractivity contribution in [3.8, 4) is 0 Å². The Labute approximate surface area is 187 Å². The summed E-state index contributed by atoms with van der Waals surface area (Å²) in [5.41, 5.74) is -0.369. The van der Waals surface area contributed by atoms with Gasteiger partial charge in [0.25, 0.3) is 5.91 Å². The molecular weight excluding hydrogens is 434 g/mol. The summed E-state index contributed by atoms with van der Waals surface area (Å²) < 4.78 is 36.7. The molecule has 9 nitrogen and oxygen atoms in total. The number of hydrogen-bond donors (Lipinski definition) is 1. The average Bonchev–Trinajstić information content (AvgIpc) is 3.33. The van der Waals surface area contributed by atoms with E-state index in [0.29, 0.717) is 25.3 Å². The van der Waals surface area contributed by atoms with Gasteiger partial charge in [-0.3, -0.25) is 14.5 Å². The van der Waals surface area contributed by atoms with Gasteiger partial charge in [-0.05, 0) is 50.2 Å². The molecule has 0 saturated carbocycles. The van der Waals surface area contributed by atoms with Gasteiger partial charge in [0.15, 0.2) is 0 Å². The summed E-state index contributed by atoms with van der Waals surface area (Å²) in [5, 5.41) is 2.93. The number of ether oxygens (including phenoxy) is 1. The maximum absolute atomic E-state index is 12.7. The number of carbonyl (C=O) groups is 2. The molecule has 1 aromatic carbocycles. The molecule has 1 atom stereocenters. The maximum atomic E-state index is 12.7. The fourth-order valence-electron chi connectivity index (χ4n) is 4.08. The minimum absolute atomic E-state index is 0.119. The minimum Gasteiger partial charge on any atom is -0.468 e. The summed E-state index contributed by atoms with van der Waals surface area (Å²) in [6.45, 7) is 6.30. The highest BCUT2D eigenvalue weighted by Crippen LogP contribution is 2.35. The van der Waals surface area contributed by atoms with Crippen LogP contribution in [0.2, 0.25) is 0 Å². The molecule has 2 fully saturated rings.